The average molecular weight is 264 g/mol. The number of nitrogens with zero attached hydrogens (tertiary/aromatic N) is 2. The molecule has 0 radical (unpaired) electrons. The lowest BCUT2D eigenvalue weighted by Gasteiger charge is -2.25. The molecule has 104 valence electrons. The molecule has 0 spiro atoms. The van der Waals surface area contributed by atoms with Gasteiger partial charge < -0.3 is 9.52 Å². The summed E-state index contributed by atoms with van der Waals surface area (Å²) in [5, 5.41) is 9.07. The summed E-state index contributed by atoms with van der Waals surface area (Å²) in [5.74, 6) is -0.884. The van der Waals surface area contributed by atoms with Gasteiger partial charge in [0.25, 0.3) is 0 Å². The quantitative estimate of drug-likeness (QED) is 0.899. The SMILES string of the molecule is O=C(O)c1occc1CN1CCCN2CCCC2C1. The van der Waals surface area contributed by atoms with Gasteiger partial charge in [0.1, 0.15) is 0 Å². The molecule has 0 aliphatic carbocycles. The fourth-order valence-electron chi connectivity index (χ4n) is 3.32. The van der Waals surface area contributed by atoms with Gasteiger partial charge in [-0.1, -0.05) is 0 Å². The van der Waals surface area contributed by atoms with Crippen molar-refractivity contribution >= 4 is 5.97 Å². The summed E-state index contributed by atoms with van der Waals surface area (Å²) in [5.41, 5.74) is 0.791. The molecule has 5 heteroatoms. The number of furan rings is 1. The second-order valence-electron chi connectivity index (χ2n) is 5.50. The van der Waals surface area contributed by atoms with Gasteiger partial charge in [-0.15, -0.1) is 0 Å². The minimum absolute atomic E-state index is 0.0903. The monoisotopic (exact) mass is 264 g/mol. The van der Waals surface area contributed by atoms with Gasteiger partial charge in [-0.3, -0.25) is 9.80 Å². The Bertz CT molecular complexity index is 457. The number of aromatic carboxylic acids is 1. The Kier molecular flexibility index (Phi) is 3.57. The third-order valence-corrected chi connectivity index (χ3v) is 4.22. The molecule has 2 saturated heterocycles. The van der Waals surface area contributed by atoms with Gasteiger partial charge in [0.15, 0.2) is 0 Å². The van der Waals surface area contributed by atoms with E-state index in [-0.39, 0.29) is 5.76 Å². The van der Waals surface area contributed by atoms with Gasteiger partial charge >= 0.3 is 5.97 Å². The molecule has 1 aromatic heterocycles. The maximum atomic E-state index is 11.1. The zero-order valence-electron chi connectivity index (χ0n) is 11.0. The summed E-state index contributed by atoms with van der Waals surface area (Å²) in [7, 11) is 0. The van der Waals surface area contributed by atoms with Crippen LogP contribution in [0.4, 0.5) is 0 Å². The number of carbonyl (C=O) groups is 1. The fourth-order valence-corrected chi connectivity index (χ4v) is 3.32. The van der Waals surface area contributed by atoms with E-state index in [0.717, 1.165) is 25.1 Å². The highest BCUT2D eigenvalue weighted by Crippen LogP contribution is 2.23. The molecule has 0 amide bonds. The summed E-state index contributed by atoms with van der Waals surface area (Å²) in [4.78, 5) is 16.0. The Balaban J connectivity index is 1.68. The Labute approximate surface area is 112 Å². The number of hydrogen-bond acceptors (Lipinski definition) is 4. The summed E-state index contributed by atoms with van der Waals surface area (Å²) >= 11 is 0. The number of fused-ring (bicyclic) bond motifs is 1. The van der Waals surface area contributed by atoms with Crippen molar-refractivity contribution in [2.75, 3.05) is 26.2 Å². The van der Waals surface area contributed by atoms with Crippen molar-refractivity contribution < 1.29 is 14.3 Å². The van der Waals surface area contributed by atoms with Crippen LogP contribution in [0.1, 0.15) is 35.4 Å². The minimum atomic E-state index is -0.975. The van der Waals surface area contributed by atoms with E-state index in [4.69, 9.17) is 9.52 Å². The predicted octanol–water partition coefficient (Wildman–Crippen LogP) is 1.65. The molecule has 5 nitrogen and oxygen atoms in total. The zero-order chi connectivity index (χ0) is 13.2. The van der Waals surface area contributed by atoms with Crippen LogP contribution >= 0.6 is 0 Å². The van der Waals surface area contributed by atoms with Crippen LogP contribution in [0.25, 0.3) is 0 Å². The number of carboxylic acid groups (broad SMARTS) is 1. The molecular formula is C14H20N2O3. The topological polar surface area (TPSA) is 56.9 Å². The van der Waals surface area contributed by atoms with Crippen LogP contribution in [0.2, 0.25) is 0 Å². The van der Waals surface area contributed by atoms with Crippen LogP contribution in [0.3, 0.4) is 0 Å². The first kappa shape index (κ1) is 12.7. The molecule has 1 aromatic rings. The van der Waals surface area contributed by atoms with Crippen LogP contribution in [-0.2, 0) is 6.54 Å². The Morgan fingerprint density at radius 2 is 2.21 bits per heavy atom. The second kappa shape index (κ2) is 5.35. The van der Waals surface area contributed by atoms with E-state index in [1.54, 1.807) is 6.07 Å². The molecule has 2 aliphatic rings. The number of carboxylic acids is 1. The molecule has 3 rings (SSSR count). The highest BCUT2D eigenvalue weighted by atomic mass is 16.4. The van der Waals surface area contributed by atoms with Crippen LogP contribution in [0.5, 0.6) is 0 Å². The molecular weight excluding hydrogens is 244 g/mol. The van der Waals surface area contributed by atoms with Crippen LogP contribution < -0.4 is 0 Å². The lowest BCUT2D eigenvalue weighted by atomic mass is 10.2. The van der Waals surface area contributed by atoms with Crippen molar-refractivity contribution in [3.05, 3.63) is 23.7 Å². The van der Waals surface area contributed by atoms with Crippen LogP contribution in [0.15, 0.2) is 16.7 Å². The predicted molar refractivity (Wildman–Crippen MR) is 70.2 cm³/mol. The molecule has 2 aliphatic heterocycles. The highest BCUT2D eigenvalue weighted by molar-refractivity contribution is 5.86. The smallest absolute Gasteiger partial charge is 0.372 e. The van der Waals surface area contributed by atoms with Crippen LogP contribution in [-0.4, -0.2) is 53.1 Å². The molecule has 1 N–H and O–H groups in total. The Morgan fingerprint density at radius 3 is 3.05 bits per heavy atom. The minimum Gasteiger partial charge on any atom is -0.475 e. The summed E-state index contributed by atoms with van der Waals surface area (Å²) < 4.78 is 5.05. The molecule has 0 bridgehead atoms. The van der Waals surface area contributed by atoms with E-state index in [1.807, 2.05) is 0 Å². The Morgan fingerprint density at radius 1 is 1.37 bits per heavy atom. The molecule has 0 aromatic carbocycles. The van der Waals surface area contributed by atoms with Gasteiger partial charge in [-0.2, -0.15) is 0 Å². The van der Waals surface area contributed by atoms with E-state index >= 15 is 0 Å². The highest BCUT2D eigenvalue weighted by Gasteiger charge is 2.29. The standard InChI is InChI=1S/C14H20N2O3/c17-14(18)13-11(4-8-19-13)9-15-5-2-7-16-6-1-3-12(16)10-15/h4,8,12H,1-3,5-7,9-10H2,(H,17,18). The van der Waals surface area contributed by atoms with Gasteiger partial charge in [0.2, 0.25) is 5.76 Å². The third-order valence-electron chi connectivity index (χ3n) is 4.22. The lowest BCUT2D eigenvalue weighted by molar-refractivity contribution is 0.0659. The van der Waals surface area contributed by atoms with Crippen molar-refractivity contribution in [2.24, 2.45) is 0 Å². The molecule has 0 saturated carbocycles. The molecule has 1 atom stereocenters. The first-order valence-corrected chi connectivity index (χ1v) is 7.00. The van der Waals surface area contributed by atoms with E-state index < -0.39 is 5.97 Å². The fraction of sp³-hybridized carbons (Fsp3) is 0.643. The summed E-state index contributed by atoms with van der Waals surface area (Å²) in [6.45, 7) is 5.17. The van der Waals surface area contributed by atoms with Gasteiger partial charge in [0.05, 0.1) is 6.26 Å². The average Bonchev–Trinajstić information content (AvgIpc) is 2.96. The van der Waals surface area contributed by atoms with Gasteiger partial charge in [-0.05, 0) is 45.0 Å². The summed E-state index contributed by atoms with van der Waals surface area (Å²) in [6, 6.07) is 2.43. The second-order valence-corrected chi connectivity index (χ2v) is 5.50. The zero-order valence-corrected chi connectivity index (χ0v) is 11.0. The molecule has 3 heterocycles. The van der Waals surface area contributed by atoms with Crippen molar-refractivity contribution in [1.29, 1.82) is 0 Å². The Hall–Kier alpha value is -1.33. The van der Waals surface area contributed by atoms with Gasteiger partial charge in [0, 0.05) is 24.7 Å². The molecule has 1 unspecified atom stereocenters. The van der Waals surface area contributed by atoms with Crippen molar-refractivity contribution in [1.82, 2.24) is 9.80 Å². The summed E-state index contributed by atoms with van der Waals surface area (Å²) in [6.07, 6.45) is 5.20. The van der Waals surface area contributed by atoms with Crippen molar-refractivity contribution in [3.63, 3.8) is 0 Å². The lowest BCUT2D eigenvalue weighted by Crippen LogP contribution is -2.36. The maximum absolute atomic E-state index is 11.1. The van der Waals surface area contributed by atoms with Crippen molar-refractivity contribution in [2.45, 2.75) is 31.8 Å². The normalized spacial score (nSPS) is 25.2. The van der Waals surface area contributed by atoms with Gasteiger partial charge in [-0.25, -0.2) is 4.79 Å². The maximum Gasteiger partial charge on any atom is 0.372 e. The van der Waals surface area contributed by atoms with Crippen LogP contribution in [0, 0.1) is 0 Å². The third kappa shape index (κ3) is 2.67. The number of hydrogen-bond donors (Lipinski definition) is 1. The first-order valence-electron chi connectivity index (χ1n) is 7.00. The van der Waals surface area contributed by atoms with E-state index in [2.05, 4.69) is 9.80 Å². The van der Waals surface area contributed by atoms with E-state index in [0.29, 0.717) is 12.6 Å². The van der Waals surface area contributed by atoms with E-state index in [1.165, 1.54) is 32.2 Å². The molecule has 19 heavy (non-hydrogen) atoms. The van der Waals surface area contributed by atoms with Crippen molar-refractivity contribution in [3.8, 4) is 0 Å². The number of rotatable bonds is 3. The first-order chi connectivity index (χ1) is 9.24. The van der Waals surface area contributed by atoms with E-state index in [9.17, 15) is 4.79 Å². The largest absolute Gasteiger partial charge is 0.475 e. The molecule has 2 fully saturated rings.